The van der Waals surface area contributed by atoms with Gasteiger partial charge >= 0.3 is 0 Å². The maximum absolute atomic E-state index is 12.3. The molecule has 1 atom stereocenters. The van der Waals surface area contributed by atoms with Gasteiger partial charge in [0, 0.05) is 18.8 Å². The van der Waals surface area contributed by atoms with Crippen molar-refractivity contribution in [2.45, 2.75) is 13.0 Å². The van der Waals surface area contributed by atoms with Crippen LogP contribution in [0.25, 0.3) is 16.9 Å². The molecule has 0 fully saturated rings. The highest BCUT2D eigenvalue weighted by Gasteiger charge is 2.14. The summed E-state index contributed by atoms with van der Waals surface area (Å²) >= 11 is 0. The molecular weight excluding hydrogens is 380 g/mol. The Kier molecular flexibility index (Phi) is 5.40. The first kappa shape index (κ1) is 19.5. The molecule has 0 saturated carbocycles. The first-order valence-electron chi connectivity index (χ1n) is 9.51. The van der Waals surface area contributed by atoms with E-state index in [4.69, 9.17) is 4.84 Å². The first-order valence-corrected chi connectivity index (χ1v) is 9.51. The molecule has 8 nitrogen and oxygen atoms in total. The number of hydrogen-bond acceptors (Lipinski definition) is 6. The molecule has 152 valence electrons. The predicted octanol–water partition coefficient (Wildman–Crippen LogP) is 3.62. The maximum atomic E-state index is 12.3. The van der Waals surface area contributed by atoms with Gasteiger partial charge in [0.05, 0.1) is 24.2 Å². The number of nitrogens with zero attached hydrogens (tertiary/aromatic N) is 5. The molecule has 8 heteroatoms. The molecule has 4 aromatic rings. The Hall–Kier alpha value is -3.78. The molecular formula is C22H22N6O2. The van der Waals surface area contributed by atoms with Crippen molar-refractivity contribution < 1.29 is 9.63 Å². The second kappa shape index (κ2) is 8.30. The lowest BCUT2D eigenvalue weighted by atomic mass is 10.1. The highest BCUT2D eigenvalue weighted by molar-refractivity contribution is 5.96. The summed E-state index contributed by atoms with van der Waals surface area (Å²) in [5.41, 5.74) is 3.18. The van der Waals surface area contributed by atoms with E-state index in [0.29, 0.717) is 22.8 Å². The fraction of sp³-hybridized carbons (Fsp3) is 0.182. The summed E-state index contributed by atoms with van der Waals surface area (Å²) in [4.78, 5) is 30.7. The van der Waals surface area contributed by atoms with Crippen molar-refractivity contribution in [3.63, 3.8) is 0 Å². The Bertz CT molecular complexity index is 1170. The van der Waals surface area contributed by atoms with Crippen LogP contribution < -0.4 is 5.32 Å². The number of hydroxylamine groups is 2. The molecule has 0 radical (unpaired) electrons. The average Bonchev–Trinajstić information content (AvgIpc) is 3.22. The number of aromatic nitrogens is 4. The second-order valence-corrected chi connectivity index (χ2v) is 6.82. The van der Waals surface area contributed by atoms with E-state index < -0.39 is 0 Å². The highest BCUT2D eigenvalue weighted by atomic mass is 16.7. The monoisotopic (exact) mass is 402 g/mol. The maximum Gasteiger partial charge on any atom is 0.277 e. The Morgan fingerprint density at radius 2 is 1.93 bits per heavy atom. The number of benzene rings is 2. The van der Waals surface area contributed by atoms with Crippen molar-refractivity contribution in [2.75, 3.05) is 19.5 Å². The number of nitrogens with one attached hydrogen (secondary N) is 1. The fourth-order valence-electron chi connectivity index (χ4n) is 3.16. The second-order valence-electron chi connectivity index (χ2n) is 6.82. The van der Waals surface area contributed by atoms with Gasteiger partial charge in [-0.05, 0) is 36.8 Å². The van der Waals surface area contributed by atoms with Crippen LogP contribution in [0.5, 0.6) is 0 Å². The topological polar surface area (TPSA) is 85.2 Å². The predicted molar refractivity (Wildman–Crippen MR) is 114 cm³/mol. The molecule has 1 N–H and O–H groups in total. The van der Waals surface area contributed by atoms with Crippen molar-refractivity contribution in [2.24, 2.45) is 0 Å². The zero-order chi connectivity index (χ0) is 21.1. The Balaban J connectivity index is 1.61. The molecule has 0 aliphatic carbocycles. The zero-order valence-electron chi connectivity index (χ0n) is 17.0. The lowest BCUT2D eigenvalue weighted by molar-refractivity contribution is -0.0756. The van der Waals surface area contributed by atoms with Crippen LogP contribution in [0.3, 0.4) is 0 Å². The molecule has 30 heavy (non-hydrogen) atoms. The number of carbonyl (C=O) groups is 1. The van der Waals surface area contributed by atoms with Gasteiger partial charge in [-0.3, -0.25) is 14.2 Å². The number of rotatable bonds is 6. The number of hydrogen-bond donors (Lipinski definition) is 1. The quantitative estimate of drug-likeness (QED) is 0.496. The van der Waals surface area contributed by atoms with Crippen molar-refractivity contribution >= 4 is 22.9 Å². The molecule has 2 aromatic carbocycles. The van der Waals surface area contributed by atoms with Crippen LogP contribution in [0.4, 0.5) is 5.95 Å². The number of amides is 1. The summed E-state index contributed by atoms with van der Waals surface area (Å²) in [5.74, 6) is 0.972. The van der Waals surface area contributed by atoms with Gasteiger partial charge < -0.3 is 5.32 Å². The van der Waals surface area contributed by atoms with E-state index >= 15 is 0 Å². The van der Waals surface area contributed by atoms with E-state index in [2.05, 4.69) is 39.3 Å². The van der Waals surface area contributed by atoms with E-state index in [1.165, 1.54) is 12.2 Å². The van der Waals surface area contributed by atoms with Crippen molar-refractivity contribution in [3.8, 4) is 5.82 Å². The molecule has 0 aliphatic rings. The minimum absolute atomic E-state index is 0.0623. The van der Waals surface area contributed by atoms with Gasteiger partial charge in [0.25, 0.3) is 5.91 Å². The van der Waals surface area contributed by atoms with E-state index in [0.717, 1.165) is 11.1 Å². The van der Waals surface area contributed by atoms with E-state index in [1.807, 2.05) is 34.9 Å². The molecule has 0 spiro atoms. The van der Waals surface area contributed by atoms with Crippen LogP contribution in [0.2, 0.25) is 0 Å². The summed E-state index contributed by atoms with van der Waals surface area (Å²) in [6.45, 7) is 2.06. The van der Waals surface area contributed by atoms with Crippen molar-refractivity contribution in [1.82, 2.24) is 24.6 Å². The third-order valence-electron chi connectivity index (χ3n) is 4.89. The van der Waals surface area contributed by atoms with E-state index in [1.54, 1.807) is 31.7 Å². The number of carbonyl (C=O) groups excluding carboxylic acids is 1. The lowest BCUT2D eigenvalue weighted by Crippen LogP contribution is -2.25. The highest BCUT2D eigenvalue weighted by Crippen LogP contribution is 2.21. The summed E-state index contributed by atoms with van der Waals surface area (Å²) in [6, 6.07) is 17.3. The molecule has 2 heterocycles. The Labute approximate surface area is 174 Å². The largest absolute Gasteiger partial charge is 0.348 e. The molecule has 0 unspecified atom stereocenters. The molecule has 4 rings (SSSR count). The molecule has 0 bridgehead atoms. The first-order chi connectivity index (χ1) is 14.6. The van der Waals surface area contributed by atoms with Gasteiger partial charge in [0.2, 0.25) is 5.95 Å². The minimum atomic E-state index is -0.239. The van der Waals surface area contributed by atoms with Gasteiger partial charge in [-0.25, -0.2) is 15.0 Å². The molecule has 0 saturated heterocycles. The summed E-state index contributed by atoms with van der Waals surface area (Å²) in [6.07, 6.45) is 3.39. The van der Waals surface area contributed by atoms with E-state index in [-0.39, 0.29) is 11.9 Å². The fourth-order valence-corrected chi connectivity index (χ4v) is 3.16. The SMILES string of the molecule is CON(C)C(=O)c1ccc2c(c1)ncn2-c1ccnc(N[C@@H](C)c2ccccc2)n1. The molecule has 1 amide bonds. The molecule has 2 aromatic heterocycles. The third kappa shape index (κ3) is 3.85. The number of fused-ring (bicyclic) bond motifs is 1. The average molecular weight is 402 g/mol. The van der Waals surface area contributed by atoms with Crippen LogP contribution in [0, 0.1) is 0 Å². The minimum Gasteiger partial charge on any atom is -0.348 e. The summed E-state index contributed by atoms with van der Waals surface area (Å²) in [5, 5.41) is 4.51. The van der Waals surface area contributed by atoms with Crippen LogP contribution >= 0.6 is 0 Å². The lowest BCUT2D eigenvalue weighted by Gasteiger charge is -2.15. The van der Waals surface area contributed by atoms with Crippen molar-refractivity contribution in [3.05, 3.63) is 78.2 Å². The zero-order valence-corrected chi connectivity index (χ0v) is 17.0. The van der Waals surface area contributed by atoms with Gasteiger partial charge in [-0.15, -0.1) is 0 Å². The summed E-state index contributed by atoms with van der Waals surface area (Å²) < 4.78 is 1.86. The van der Waals surface area contributed by atoms with Crippen LogP contribution in [-0.4, -0.2) is 44.6 Å². The number of imidazole rings is 1. The van der Waals surface area contributed by atoms with Gasteiger partial charge in [0.15, 0.2) is 0 Å². The smallest absolute Gasteiger partial charge is 0.277 e. The van der Waals surface area contributed by atoms with Gasteiger partial charge in [-0.1, -0.05) is 30.3 Å². The van der Waals surface area contributed by atoms with E-state index in [9.17, 15) is 4.79 Å². The van der Waals surface area contributed by atoms with Gasteiger partial charge in [-0.2, -0.15) is 4.98 Å². The third-order valence-corrected chi connectivity index (χ3v) is 4.89. The number of anilines is 1. The van der Waals surface area contributed by atoms with Crippen LogP contribution in [-0.2, 0) is 4.84 Å². The van der Waals surface area contributed by atoms with Crippen LogP contribution in [0.1, 0.15) is 28.9 Å². The normalized spacial score (nSPS) is 12.0. The molecule has 0 aliphatic heterocycles. The van der Waals surface area contributed by atoms with Gasteiger partial charge in [0.1, 0.15) is 12.1 Å². The van der Waals surface area contributed by atoms with Crippen molar-refractivity contribution in [1.29, 1.82) is 0 Å². The summed E-state index contributed by atoms with van der Waals surface area (Å²) in [7, 11) is 3.02. The van der Waals surface area contributed by atoms with Crippen LogP contribution in [0.15, 0.2) is 67.1 Å². The Morgan fingerprint density at radius 1 is 1.13 bits per heavy atom. The Morgan fingerprint density at radius 3 is 2.70 bits per heavy atom. The standard InChI is InChI=1S/C22H22N6O2/c1-15(16-7-5-4-6-8-16)25-22-23-12-11-20(26-22)28-14-24-18-13-17(9-10-19(18)28)21(29)27(2)30-3/h4-15H,1-3H3,(H,23,25,26)/t15-/m0/s1.